The Morgan fingerprint density at radius 2 is 1.88 bits per heavy atom. The highest BCUT2D eigenvalue weighted by Gasteiger charge is 2.32. The number of amides is 3. The zero-order chi connectivity index (χ0) is 18.1. The molecule has 0 radical (unpaired) electrons. The Balaban J connectivity index is 1.82. The largest absolute Gasteiger partial charge is 0.465 e. The van der Waals surface area contributed by atoms with Gasteiger partial charge in [-0.15, -0.1) is 11.3 Å². The van der Waals surface area contributed by atoms with E-state index in [2.05, 4.69) is 10.2 Å². The molecule has 3 amide bonds. The van der Waals surface area contributed by atoms with Crippen LogP contribution in [0.2, 0.25) is 0 Å². The van der Waals surface area contributed by atoms with Gasteiger partial charge in [0.05, 0.1) is 12.7 Å². The van der Waals surface area contributed by atoms with Crippen LogP contribution in [0, 0.1) is 0 Å². The zero-order valence-corrected chi connectivity index (χ0v) is 14.9. The van der Waals surface area contributed by atoms with Crippen molar-refractivity contribution >= 4 is 40.0 Å². The average Bonchev–Trinajstić information content (AvgIpc) is 3.07. The van der Waals surface area contributed by atoms with Crippen LogP contribution in [0.5, 0.6) is 0 Å². The molecular formula is C16H19N3O5S. The third-order valence-corrected chi connectivity index (χ3v) is 5.48. The number of rotatable bonds is 4. The topological polar surface area (TPSA) is 96.0 Å². The Kier molecular flexibility index (Phi) is 4.87. The van der Waals surface area contributed by atoms with Crippen molar-refractivity contribution in [2.45, 2.75) is 25.8 Å². The number of hydrogen-bond acceptors (Lipinski definition) is 7. The molecule has 134 valence electrons. The molecule has 1 aromatic heterocycles. The molecule has 0 aliphatic carbocycles. The molecule has 1 N–H and O–H groups in total. The Morgan fingerprint density at radius 3 is 2.52 bits per heavy atom. The van der Waals surface area contributed by atoms with E-state index in [1.165, 1.54) is 18.4 Å². The number of methoxy groups -OCH3 is 1. The summed E-state index contributed by atoms with van der Waals surface area (Å²) < 4.78 is 4.86. The molecule has 0 saturated carbocycles. The summed E-state index contributed by atoms with van der Waals surface area (Å²) in [5.41, 5.74) is 1.28. The molecule has 0 unspecified atom stereocenters. The van der Waals surface area contributed by atoms with Crippen molar-refractivity contribution in [2.75, 3.05) is 32.6 Å². The van der Waals surface area contributed by atoms with Gasteiger partial charge in [-0.2, -0.15) is 0 Å². The van der Waals surface area contributed by atoms with E-state index in [1.54, 1.807) is 0 Å². The Bertz CT molecular complexity index is 741. The van der Waals surface area contributed by atoms with Crippen LogP contribution in [0.4, 0.5) is 5.00 Å². The van der Waals surface area contributed by atoms with E-state index < -0.39 is 11.9 Å². The summed E-state index contributed by atoms with van der Waals surface area (Å²) in [4.78, 5) is 51.8. The molecule has 1 fully saturated rings. The number of carbonyl (C=O) groups is 4. The molecule has 0 atom stereocenters. The van der Waals surface area contributed by atoms with E-state index in [1.807, 2.05) is 7.05 Å². The summed E-state index contributed by atoms with van der Waals surface area (Å²) in [7, 11) is 3.29. The number of nitrogens with zero attached hydrogens (tertiary/aromatic N) is 2. The summed E-state index contributed by atoms with van der Waals surface area (Å²) in [5.74, 6) is -1.69. The van der Waals surface area contributed by atoms with Gasteiger partial charge >= 0.3 is 5.97 Å². The molecule has 0 bridgehead atoms. The van der Waals surface area contributed by atoms with Crippen LogP contribution in [-0.2, 0) is 32.1 Å². The normalized spacial score (nSPS) is 17.6. The van der Waals surface area contributed by atoms with Gasteiger partial charge in [-0.1, -0.05) is 0 Å². The predicted molar refractivity (Wildman–Crippen MR) is 90.3 cm³/mol. The number of likely N-dealkylation sites (N-methyl/N-ethyl adjacent to an activating group) is 1. The maximum atomic E-state index is 12.3. The number of imide groups is 1. The minimum Gasteiger partial charge on any atom is -0.465 e. The van der Waals surface area contributed by atoms with Crippen molar-refractivity contribution in [3.8, 4) is 0 Å². The van der Waals surface area contributed by atoms with Crippen molar-refractivity contribution in [3.05, 3.63) is 16.0 Å². The highest BCUT2D eigenvalue weighted by molar-refractivity contribution is 7.17. The number of carbonyl (C=O) groups excluding carboxylic acids is 4. The summed E-state index contributed by atoms with van der Waals surface area (Å²) in [5, 5.41) is 3.09. The molecule has 9 heteroatoms. The van der Waals surface area contributed by atoms with Crippen LogP contribution in [0.25, 0.3) is 0 Å². The monoisotopic (exact) mass is 365 g/mol. The first-order valence-corrected chi connectivity index (χ1v) is 8.76. The lowest BCUT2D eigenvalue weighted by Crippen LogP contribution is -2.37. The van der Waals surface area contributed by atoms with Crippen molar-refractivity contribution < 1.29 is 23.9 Å². The quantitative estimate of drug-likeness (QED) is 0.620. The Labute approximate surface area is 148 Å². The first-order valence-electron chi connectivity index (χ1n) is 7.95. The van der Waals surface area contributed by atoms with Gasteiger partial charge in [-0.05, 0) is 19.0 Å². The van der Waals surface area contributed by atoms with E-state index in [9.17, 15) is 19.2 Å². The number of thiophene rings is 1. The second-order valence-electron chi connectivity index (χ2n) is 6.11. The minimum atomic E-state index is -0.499. The second-order valence-corrected chi connectivity index (χ2v) is 7.21. The van der Waals surface area contributed by atoms with Crippen LogP contribution >= 0.6 is 11.3 Å². The van der Waals surface area contributed by atoms with Crippen LogP contribution in [0.1, 0.15) is 33.6 Å². The molecule has 1 aromatic rings. The number of hydrogen-bond donors (Lipinski definition) is 1. The fourth-order valence-electron chi connectivity index (χ4n) is 3.05. The molecule has 8 nitrogen and oxygen atoms in total. The molecule has 0 spiro atoms. The smallest absolute Gasteiger partial charge is 0.341 e. The molecule has 3 rings (SSSR count). The van der Waals surface area contributed by atoms with Crippen molar-refractivity contribution in [3.63, 3.8) is 0 Å². The fourth-order valence-corrected chi connectivity index (χ4v) is 4.38. The molecule has 2 aliphatic rings. The fraction of sp³-hybridized carbons (Fsp3) is 0.500. The lowest BCUT2D eigenvalue weighted by atomic mass is 10.0. The SMILES string of the molecule is COC(=O)c1c(NC(=O)CN2C(=O)CCC2=O)sc2c1CCN(C)C2. The summed E-state index contributed by atoms with van der Waals surface area (Å²) >= 11 is 1.33. The Morgan fingerprint density at radius 1 is 1.20 bits per heavy atom. The molecule has 3 heterocycles. The van der Waals surface area contributed by atoms with E-state index in [0.29, 0.717) is 23.5 Å². The third-order valence-electron chi connectivity index (χ3n) is 4.35. The van der Waals surface area contributed by atoms with Gasteiger partial charge < -0.3 is 15.0 Å². The lowest BCUT2D eigenvalue weighted by Gasteiger charge is -2.22. The molecule has 2 aliphatic heterocycles. The summed E-state index contributed by atoms with van der Waals surface area (Å²) in [6, 6.07) is 0. The predicted octanol–water partition coefficient (Wildman–Crippen LogP) is 0.610. The maximum Gasteiger partial charge on any atom is 0.341 e. The first kappa shape index (κ1) is 17.6. The standard InChI is InChI=1S/C16H19N3O5S/c1-18-6-5-9-10(7-18)25-15(14(9)16(23)24-2)17-11(20)8-19-12(21)3-4-13(19)22/h3-8H2,1-2H3,(H,17,20). The van der Waals surface area contributed by atoms with E-state index in [0.717, 1.165) is 21.9 Å². The van der Waals surface area contributed by atoms with Gasteiger partial charge in [0.25, 0.3) is 0 Å². The van der Waals surface area contributed by atoms with E-state index >= 15 is 0 Å². The molecule has 1 saturated heterocycles. The maximum absolute atomic E-state index is 12.3. The van der Waals surface area contributed by atoms with Gasteiger partial charge in [-0.25, -0.2) is 4.79 Å². The first-order chi connectivity index (χ1) is 11.9. The second kappa shape index (κ2) is 6.93. The van der Waals surface area contributed by atoms with Gasteiger partial charge in [0, 0.05) is 30.8 Å². The zero-order valence-electron chi connectivity index (χ0n) is 14.1. The van der Waals surface area contributed by atoms with E-state index in [4.69, 9.17) is 4.74 Å². The van der Waals surface area contributed by atoms with Crippen LogP contribution in [0.3, 0.4) is 0 Å². The van der Waals surface area contributed by atoms with Crippen molar-refractivity contribution in [2.24, 2.45) is 0 Å². The van der Waals surface area contributed by atoms with Gasteiger partial charge in [0.2, 0.25) is 17.7 Å². The minimum absolute atomic E-state index is 0.138. The van der Waals surface area contributed by atoms with Gasteiger partial charge in [0.1, 0.15) is 11.5 Å². The van der Waals surface area contributed by atoms with Crippen LogP contribution in [-0.4, -0.2) is 60.7 Å². The van der Waals surface area contributed by atoms with Gasteiger partial charge in [0.15, 0.2) is 0 Å². The third kappa shape index (κ3) is 3.42. The average molecular weight is 365 g/mol. The Hall–Kier alpha value is -2.26. The molecule has 0 aromatic carbocycles. The number of likely N-dealkylation sites (tertiary alicyclic amines) is 1. The van der Waals surface area contributed by atoms with Crippen molar-refractivity contribution in [1.82, 2.24) is 9.80 Å². The number of nitrogens with one attached hydrogen (secondary N) is 1. The summed E-state index contributed by atoms with van der Waals surface area (Å²) in [6.07, 6.45) is 0.976. The van der Waals surface area contributed by atoms with E-state index in [-0.39, 0.29) is 31.2 Å². The number of esters is 1. The lowest BCUT2D eigenvalue weighted by molar-refractivity contribution is -0.141. The van der Waals surface area contributed by atoms with Gasteiger partial charge in [-0.3, -0.25) is 19.3 Å². The van der Waals surface area contributed by atoms with Crippen molar-refractivity contribution in [1.29, 1.82) is 0 Å². The number of anilines is 1. The highest BCUT2D eigenvalue weighted by Crippen LogP contribution is 2.37. The highest BCUT2D eigenvalue weighted by atomic mass is 32.1. The van der Waals surface area contributed by atoms with Crippen LogP contribution in [0.15, 0.2) is 0 Å². The van der Waals surface area contributed by atoms with Crippen LogP contribution < -0.4 is 5.32 Å². The number of ether oxygens (including phenoxy) is 1. The molecule has 25 heavy (non-hydrogen) atoms. The number of fused-ring (bicyclic) bond motifs is 1. The molecular weight excluding hydrogens is 346 g/mol. The summed E-state index contributed by atoms with van der Waals surface area (Å²) in [6.45, 7) is 1.18.